The molecule has 2 heterocycles. The Morgan fingerprint density at radius 2 is 1.13 bits per heavy atom. The van der Waals surface area contributed by atoms with Gasteiger partial charge in [-0.2, -0.15) is 5.26 Å². The monoisotopic (exact) mass is 583 g/mol. The summed E-state index contributed by atoms with van der Waals surface area (Å²) in [5.41, 5.74) is 14.6. The molecule has 0 amide bonds. The number of nitriles is 1. The highest BCUT2D eigenvalue weighted by Gasteiger charge is 2.24. The molecule has 2 aromatic heterocycles. The van der Waals surface area contributed by atoms with Crippen molar-refractivity contribution in [2.45, 2.75) is 33.6 Å². The predicted molar refractivity (Wildman–Crippen MR) is 185 cm³/mol. The lowest BCUT2D eigenvalue weighted by Gasteiger charge is -2.09. The third kappa shape index (κ3) is 4.99. The van der Waals surface area contributed by atoms with E-state index in [-0.39, 0.29) is 0 Å². The van der Waals surface area contributed by atoms with Crippen LogP contribution in [-0.4, -0.2) is 0 Å². The average molecular weight is 584 g/mol. The molecule has 0 atom stereocenters. The number of aromatic nitrogens is 1. The smallest absolute Gasteiger partial charge is 0.216 e. The molecule has 0 unspecified atom stereocenters. The van der Waals surface area contributed by atoms with E-state index in [0.717, 1.165) is 61.0 Å². The molecule has 0 N–H and O–H groups in total. The third-order valence-corrected chi connectivity index (χ3v) is 9.01. The number of nitrogens with zero attached hydrogens (tertiary/aromatic N) is 2. The zero-order valence-corrected chi connectivity index (χ0v) is 26.3. The quantitative estimate of drug-likeness (QED) is 0.189. The number of fused-ring (bicyclic) bond motifs is 3. The van der Waals surface area contributed by atoms with E-state index in [9.17, 15) is 5.26 Å². The highest BCUT2D eigenvalue weighted by Crippen LogP contribution is 2.42. The molecule has 0 aliphatic carbocycles. The fraction of sp³-hybridized carbons (Fsp3) is 0.143. The van der Waals surface area contributed by atoms with Gasteiger partial charge in [0.1, 0.15) is 18.2 Å². The number of pyridine rings is 1. The van der Waals surface area contributed by atoms with Gasteiger partial charge < -0.3 is 4.42 Å². The van der Waals surface area contributed by atoms with Crippen LogP contribution >= 0.6 is 0 Å². The molecular formula is C42H35N2O+. The van der Waals surface area contributed by atoms with Crippen LogP contribution in [0.3, 0.4) is 0 Å². The predicted octanol–water partition coefficient (Wildman–Crippen LogP) is 10.7. The molecule has 7 rings (SSSR count). The standard InChI is InChI=1S/C42H35N2O/c1-26(2)34-22-23-44(5)38(24-34)39-28(4)8-20-36-37-21-19-35(25-43)40(42(37)45-41(36)39)33-17-15-32(16-18-33)31-13-11-30(12-14-31)29-9-6-27(3)7-10-29/h6-24,26H,1-5H3/q+1. The first-order valence-electron chi connectivity index (χ1n) is 15.5. The summed E-state index contributed by atoms with van der Waals surface area (Å²) in [4.78, 5) is 0. The van der Waals surface area contributed by atoms with Gasteiger partial charge in [-0.15, -0.1) is 0 Å². The molecular weight excluding hydrogens is 548 g/mol. The van der Waals surface area contributed by atoms with Crippen molar-refractivity contribution in [3.05, 3.63) is 138 Å². The van der Waals surface area contributed by atoms with Crippen molar-refractivity contribution >= 4 is 21.9 Å². The molecule has 218 valence electrons. The number of aryl methyl sites for hydroxylation is 3. The van der Waals surface area contributed by atoms with E-state index in [0.29, 0.717) is 11.5 Å². The van der Waals surface area contributed by atoms with Crippen molar-refractivity contribution in [2.24, 2.45) is 7.05 Å². The van der Waals surface area contributed by atoms with Crippen LogP contribution in [0.2, 0.25) is 0 Å². The second-order valence-corrected chi connectivity index (χ2v) is 12.3. The number of hydrogen-bond donors (Lipinski definition) is 0. The zero-order chi connectivity index (χ0) is 31.2. The number of hydrogen-bond acceptors (Lipinski definition) is 2. The fourth-order valence-electron chi connectivity index (χ4n) is 6.32. The lowest BCUT2D eigenvalue weighted by molar-refractivity contribution is -0.660. The maximum atomic E-state index is 10.2. The van der Waals surface area contributed by atoms with Crippen molar-refractivity contribution in [3.8, 4) is 50.7 Å². The Hall–Kier alpha value is -5.46. The molecule has 0 saturated carbocycles. The summed E-state index contributed by atoms with van der Waals surface area (Å²) in [6.45, 7) is 8.68. The van der Waals surface area contributed by atoms with Gasteiger partial charge >= 0.3 is 0 Å². The number of rotatable bonds is 5. The van der Waals surface area contributed by atoms with Crippen LogP contribution in [0.4, 0.5) is 0 Å². The first-order valence-corrected chi connectivity index (χ1v) is 15.5. The van der Waals surface area contributed by atoms with E-state index in [1.165, 1.54) is 22.3 Å². The summed E-state index contributed by atoms with van der Waals surface area (Å²) >= 11 is 0. The maximum absolute atomic E-state index is 10.2. The molecule has 0 aliphatic heterocycles. The maximum Gasteiger partial charge on any atom is 0.216 e. The molecule has 0 bridgehead atoms. The Morgan fingerprint density at radius 3 is 1.69 bits per heavy atom. The molecule has 45 heavy (non-hydrogen) atoms. The number of furan rings is 1. The molecule has 3 heteroatoms. The van der Waals surface area contributed by atoms with Crippen LogP contribution in [0, 0.1) is 25.2 Å². The van der Waals surface area contributed by atoms with Crippen molar-refractivity contribution in [1.82, 2.24) is 0 Å². The number of benzene rings is 5. The van der Waals surface area contributed by atoms with Crippen LogP contribution in [0.25, 0.3) is 66.6 Å². The van der Waals surface area contributed by atoms with Crippen LogP contribution in [0.5, 0.6) is 0 Å². The molecule has 3 nitrogen and oxygen atoms in total. The van der Waals surface area contributed by atoms with Gasteiger partial charge in [-0.1, -0.05) is 104 Å². The minimum atomic E-state index is 0.416. The van der Waals surface area contributed by atoms with Crippen molar-refractivity contribution in [1.29, 1.82) is 5.26 Å². The summed E-state index contributed by atoms with van der Waals surface area (Å²) < 4.78 is 8.98. The summed E-state index contributed by atoms with van der Waals surface area (Å²) in [6, 6.07) is 40.9. The normalized spacial score (nSPS) is 11.4. The molecule has 0 fully saturated rings. The van der Waals surface area contributed by atoms with E-state index >= 15 is 0 Å². The first-order chi connectivity index (χ1) is 21.8. The van der Waals surface area contributed by atoms with Crippen LogP contribution < -0.4 is 4.57 Å². The van der Waals surface area contributed by atoms with Gasteiger partial charge in [0, 0.05) is 28.5 Å². The third-order valence-electron chi connectivity index (χ3n) is 9.01. The second-order valence-electron chi connectivity index (χ2n) is 12.3. The van der Waals surface area contributed by atoms with Gasteiger partial charge in [0.15, 0.2) is 6.20 Å². The zero-order valence-electron chi connectivity index (χ0n) is 26.3. The fourth-order valence-corrected chi connectivity index (χ4v) is 6.32. The van der Waals surface area contributed by atoms with Gasteiger partial charge in [-0.05, 0) is 70.8 Å². The van der Waals surface area contributed by atoms with E-state index in [1.807, 2.05) is 12.1 Å². The van der Waals surface area contributed by atoms with Gasteiger partial charge in [0.2, 0.25) is 5.69 Å². The van der Waals surface area contributed by atoms with Crippen LogP contribution in [-0.2, 0) is 7.05 Å². The van der Waals surface area contributed by atoms with Crippen molar-refractivity contribution in [2.75, 3.05) is 0 Å². The van der Waals surface area contributed by atoms with E-state index < -0.39 is 0 Å². The van der Waals surface area contributed by atoms with E-state index in [2.05, 4.69) is 149 Å². The SMILES string of the molecule is Cc1ccc(-c2ccc(-c3ccc(-c4c(C#N)ccc5c4oc4c(-c6cc(C(C)C)cc[n+]6C)c(C)ccc45)cc3)cc2)cc1. The summed E-state index contributed by atoms with van der Waals surface area (Å²) in [5, 5.41) is 12.2. The second kappa shape index (κ2) is 11.2. The van der Waals surface area contributed by atoms with Crippen LogP contribution in [0.1, 0.15) is 42.0 Å². The summed E-state index contributed by atoms with van der Waals surface area (Å²) in [6.07, 6.45) is 2.13. The Balaban J connectivity index is 1.33. The average Bonchev–Trinajstić information content (AvgIpc) is 3.44. The van der Waals surface area contributed by atoms with Gasteiger partial charge in [-0.25, -0.2) is 4.57 Å². The minimum Gasteiger partial charge on any atom is -0.454 e. The highest BCUT2D eigenvalue weighted by atomic mass is 16.3. The van der Waals surface area contributed by atoms with E-state index in [1.54, 1.807) is 0 Å². The van der Waals surface area contributed by atoms with Gasteiger partial charge in [-0.3, -0.25) is 0 Å². The van der Waals surface area contributed by atoms with Crippen molar-refractivity contribution in [3.63, 3.8) is 0 Å². The molecule has 0 saturated heterocycles. The van der Waals surface area contributed by atoms with Crippen molar-refractivity contribution < 1.29 is 8.98 Å². The van der Waals surface area contributed by atoms with Gasteiger partial charge in [0.05, 0.1) is 17.2 Å². The summed E-state index contributed by atoms with van der Waals surface area (Å²) in [5.74, 6) is 0.416. The lowest BCUT2D eigenvalue weighted by atomic mass is 9.94. The first kappa shape index (κ1) is 28.3. The lowest BCUT2D eigenvalue weighted by Crippen LogP contribution is -2.31. The Morgan fingerprint density at radius 1 is 0.622 bits per heavy atom. The topological polar surface area (TPSA) is 40.8 Å². The Labute approximate surface area is 264 Å². The molecule has 0 spiro atoms. The molecule has 0 aliphatic rings. The molecule has 7 aromatic rings. The van der Waals surface area contributed by atoms with E-state index in [4.69, 9.17) is 4.42 Å². The molecule has 5 aromatic carbocycles. The Kier molecular flexibility index (Phi) is 7.07. The molecule has 0 radical (unpaired) electrons. The largest absolute Gasteiger partial charge is 0.454 e. The summed E-state index contributed by atoms with van der Waals surface area (Å²) in [7, 11) is 2.08. The minimum absolute atomic E-state index is 0.416. The van der Waals surface area contributed by atoms with Gasteiger partial charge in [0.25, 0.3) is 0 Å². The van der Waals surface area contributed by atoms with Crippen LogP contribution in [0.15, 0.2) is 120 Å². The Bertz CT molecular complexity index is 2250. The highest BCUT2D eigenvalue weighted by molar-refractivity contribution is 6.14.